The summed E-state index contributed by atoms with van der Waals surface area (Å²) in [6, 6.07) is 9.20. The van der Waals surface area contributed by atoms with Gasteiger partial charge in [0.2, 0.25) is 11.8 Å². The van der Waals surface area contributed by atoms with E-state index in [0.717, 1.165) is 0 Å². The second-order valence-corrected chi connectivity index (χ2v) is 9.81. The maximum absolute atomic E-state index is 13.0. The molecular weight excluding hydrogens is 464 g/mol. The monoisotopic (exact) mass is 504 g/mol. The van der Waals surface area contributed by atoms with Gasteiger partial charge in [0.25, 0.3) is 0 Å². The fourth-order valence-electron chi connectivity index (χ4n) is 4.25. The Hall–Kier alpha value is -3.14. The number of nitrogens with zero attached hydrogens (tertiary/aromatic N) is 2. The van der Waals surface area contributed by atoms with Crippen LogP contribution in [0.5, 0.6) is 0 Å². The van der Waals surface area contributed by atoms with Crippen LogP contribution in [0.25, 0.3) is 0 Å². The highest BCUT2D eigenvalue weighted by molar-refractivity contribution is 6.02. The van der Waals surface area contributed by atoms with E-state index in [1.165, 1.54) is 7.11 Å². The van der Waals surface area contributed by atoms with Crippen LogP contribution in [0.15, 0.2) is 30.3 Å². The summed E-state index contributed by atoms with van der Waals surface area (Å²) in [5, 5.41) is 5.38. The molecule has 0 bridgehead atoms. The molecule has 0 aromatic heterocycles. The molecule has 1 fully saturated rings. The van der Waals surface area contributed by atoms with Gasteiger partial charge in [0.05, 0.1) is 7.11 Å². The van der Waals surface area contributed by atoms with Crippen LogP contribution in [0, 0.1) is 0 Å². The van der Waals surface area contributed by atoms with Gasteiger partial charge in [0.15, 0.2) is 0 Å². The highest BCUT2D eigenvalue weighted by atomic mass is 16.6. The Morgan fingerprint density at radius 1 is 1.03 bits per heavy atom. The molecule has 3 amide bonds. The Kier molecular flexibility index (Phi) is 10.7. The lowest BCUT2D eigenvalue weighted by molar-refractivity contribution is -0.151. The molecule has 36 heavy (non-hydrogen) atoms. The molecule has 10 nitrogen and oxygen atoms in total. The Morgan fingerprint density at radius 2 is 1.64 bits per heavy atom. The number of benzene rings is 1. The summed E-state index contributed by atoms with van der Waals surface area (Å²) in [6.45, 7) is 9.31. The van der Waals surface area contributed by atoms with E-state index in [1.54, 1.807) is 32.6 Å². The number of esters is 1. The second kappa shape index (κ2) is 13.2. The Morgan fingerprint density at radius 3 is 2.19 bits per heavy atom. The van der Waals surface area contributed by atoms with E-state index >= 15 is 0 Å². The molecule has 1 heterocycles. The van der Waals surface area contributed by atoms with Crippen molar-refractivity contribution < 1.29 is 28.7 Å². The van der Waals surface area contributed by atoms with Crippen molar-refractivity contribution in [2.45, 2.75) is 64.5 Å². The summed E-state index contributed by atoms with van der Waals surface area (Å²) in [5.74, 6) is -0.694. The number of hydrogen-bond acceptors (Lipinski definition) is 7. The number of likely N-dealkylation sites (tertiary alicyclic amines) is 1. The van der Waals surface area contributed by atoms with Gasteiger partial charge in [0.1, 0.15) is 11.1 Å². The highest BCUT2D eigenvalue weighted by Crippen LogP contribution is 2.35. The van der Waals surface area contributed by atoms with Crippen LogP contribution in [0.3, 0.4) is 0 Å². The maximum atomic E-state index is 13.0. The van der Waals surface area contributed by atoms with Crippen molar-refractivity contribution >= 4 is 29.6 Å². The first-order valence-electron chi connectivity index (χ1n) is 12.4. The summed E-state index contributed by atoms with van der Waals surface area (Å²) in [4.78, 5) is 53.6. The van der Waals surface area contributed by atoms with Gasteiger partial charge in [-0.05, 0) is 45.7 Å². The molecule has 1 aromatic carbocycles. The molecule has 200 valence electrons. The zero-order chi connectivity index (χ0) is 26.8. The lowest BCUT2D eigenvalue weighted by Crippen LogP contribution is -2.62. The molecule has 1 aliphatic heterocycles. The molecule has 2 N–H and O–H groups in total. The number of carbonyl (C=O) groups is 4. The van der Waals surface area contributed by atoms with Gasteiger partial charge in [0, 0.05) is 51.3 Å². The van der Waals surface area contributed by atoms with Gasteiger partial charge in [-0.3, -0.25) is 14.5 Å². The number of methoxy groups -OCH3 is 1. The van der Waals surface area contributed by atoms with Crippen LogP contribution in [0.2, 0.25) is 0 Å². The normalized spacial score (nSPS) is 15.5. The molecule has 0 unspecified atom stereocenters. The lowest BCUT2D eigenvalue weighted by Gasteiger charge is -2.46. The molecule has 2 rings (SSSR count). The molecule has 0 saturated carbocycles. The first kappa shape index (κ1) is 29.1. The molecule has 10 heteroatoms. The topological polar surface area (TPSA) is 117 Å². The molecule has 0 atom stereocenters. The van der Waals surface area contributed by atoms with E-state index in [2.05, 4.69) is 15.5 Å². The summed E-state index contributed by atoms with van der Waals surface area (Å²) < 4.78 is 10.3. The predicted molar refractivity (Wildman–Crippen MR) is 137 cm³/mol. The van der Waals surface area contributed by atoms with Crippen LogP contribution in [-0.4, -0.2) is 79.8 Å². The highest BCUT2D eigenvalue weighted by Gasteiger charge is 2.49. The average Bonchev–Trinajstić information content (AvgIpc) is 2.85. The number of piperidine rings is 1. The largest absolute Gasteiger partial charge is 0.467 e. The number of carbonyl (C=O) groups excluding carboxylic acids is 4. The van der Waals surface area contributed by atoms with Crippen LogP contribution in [-0.2, 0) is 23.9 Å². The SMILES string of the molecule is CCC(=O)N(c1ccccc1)C1(C(=O)OC)CCN(CCC(=O)NCCNC(=O)OC(C)(C)C)CC1. The van der Waals surface area contributed by atoms with E-state index in [0.29, 0.717) is 44.7 Å². The average molecular weight is 505 g/mol. The van der Waals surface area contributed by atoms with Gasteiger partial charge in [-0.1, -0.05) is 25.1 Å². The summed E-state index contributed by atoms with van der Waals surface area (Å²) in [5.41, 5.74) is -0.993. The standard InChI is InChI=1S/C26H40N4O6/c1-6-22(32)30(20-10-8-7-9-11-20)26(23(33)35-5)13-18-29(19-14-26)17-12-21(31)27-15-16-28-24(34)36-25(2,3)4/h7-11H,6,12-19H2,1-5H3,(H,27,31)(H,28,34). The van der Waals surface area contributed by atoms with Gasteiger partial charge in [-0.25, -0.2) is 9.59 Å². The molecule has 0 radical (unpaired) electrons. The Bertz CT molecular complexity index is 891. The zero-order valence-electron chi connectivity index (χ0n) is 22.1. The van der Waals surface area contributed by atoms with E-state index in [4.69, 9.17) is 9.47 Å². The minimum Gasteiger partial charge on any atom is -0.467 e. The number of hydrogen-bond donors (Lipinski definition) is 2. The van der Waals surface area contributed by atoms with Crippen LogP contribution in [0.1, 0.15) is 53.4 Å². The Balaban J connectivity index is 1.89. The van der Waals surface area contributed by atoms with Crippen molar-refractivity contribution in [2.24, 2.45) is 0 Å². The number of para-hydroxylation sites is 1. The second-order valence-electron chi connectivity index (χ2n) is 9.81. The van der Waals surface area contributed by atoms with Crippen LogP contribution < -0.4 is 15.5 Å². The minimum atomic E-state index is -1.09. The molecule has 0 aliphatic carbocycles. The van der Waals surface area contributed by atoms with Gasteiger partial charge >= 0.3 is 12.1 Å². The lowest BCUT2D eigenvalue weighted by atomic mass is 9.84. The number of ether oxygens (including phenoxy) is 2. The predicted octanol–water partition coefficient (Wildman–Crippen LogP) is 2.47. The van der Waals surface area contributed by atoms with Gasteiger partial charge in [-0.15, -0.1) is 0 Å². The summed E-state index contributed by atoms with van der Waals surface area (Å²) in [6.07, 6.45) is 0.836. The van der Waals surface area contributed by atoms with Crippen molar-refractivity contribution in [3.63, 3.8) is 0 Å². The third kappa shape index (κ3) is 8.22. The van der Waals surface area contributed by atoms with E-state index < -0.39 is 23.2 Å². The number of nitrogens with one attached hydrogen (secondary N) is 2. The molecule has 1 aliphatic rings. The first-order valence-corrected chi connectivity index (χ1v) is 12.4. The molecule has 0 spiro atoms. The van der Waals surface area contributed by atoms with Gasteiger partial charge < -0.3 is 25.0 Å². The van der Waals surface area contributed by atoms with Crippen molar-refractivity contribution in [3.05, 3.63) is 30.3 Å². The zero-order valence-corrected chi connectivity index (χ0v) is 22.1. The van der Waals surface area contributed by atoms with Crippen molar-refractivity contribution in [1.82, 2.24) is 15.5 Å². The van der Waals surface area contributed by atoms with Crippen molar-refractivity contribution in [3.8, 4) is 0 Å². The number of rotatable bonds is 10. The number of amides is 3. The molecule has 1 saturated heterocycles. The van der Waals surface area contributed by atoms with E-state index in [9.17, 15) is 19.2 Å². The number of anilines is 1. The van der Waals surface area contributed by atoms with E-state index in [-0.39, 0.29) is 31.2 Å². The fourth-order valence-corrected chi connectivity index (χ4v) is 4.25. The number of alkyl carbamates (subject to hydrolysis) is 1. The van der Waals surface area contributed by atoms with Gasteiger partial charge in [-0.2, -0.15) is 0 Å². The molecule has 1 aromatic rings. The summed E-state index contributed by atoms with van der Waals surface area (Å²) >= 11 is 0. The smallest absolute Gasteiger partial charge is 0.407 e. The summed E-state index contributed by atoms with van der Waals surface area (Å²) in [7, 11) is 1.35. The minimum absolute atomic E-state index is 0.127. The van der Waals surface area contributed by atoms with Crippen LogP contribution in [0.4, 0.5) is 10.5 Å². The third-order valence-electron chi connectivity index (χ3n) is 6.01. The van der Waals surface area contributed by atoms with Crippen molar-refractivity contribution in [2.75, 3.05) is 44.7 Å². The van der Waals surface area contributed by atoms with Crippen molar-refractivity contribution in [1.29, 1.82) is 0 Å². The fraction of sp³-hybridized carbons (Fsp3) is 0.615. The maximum Gasteiger partial charge on any atom is 0.407 e. The van der Waals surface area contributed by atoms with E-state index in [1.807, 2.05) is 30.3 Å². The Labute approximate surface area is 213 Å². The quantitative estimate of drug-likeness (QED) is 0.371. The molecular formula is C26H40N4O6. The third-order valence-corrected chi connectivity index (χ3v) is 6.01. The first-order chi connectivity index (χ1) is 17.0. The van der Waals surface area contributed by atoms with Crippen LogP contribution >= 0.6 is 0 Å².